The Bertz CT molecular complexity index is 822. The summed E-state index contributed by atoms with van der Waals surface area (Å²) in [5.74, 6) is -1.27. The van der Waals surface area contributed by atoms with Gasteiger partial charge >= 0.3 is 0 Å². The molecule has 0 radical (unpaired) electrons. The van der Waals surface area contributed by atoms with Crippen molar-refractivity contribution in [3.63, 3.8) is 0 Å². The van der Waals surface area contributed by atoms with E-state index in [9.17, 15) is 14.0 Å². The van der Waals surface area contributed by atoms with E-state index in [0.717, 1.165) is 6.07 Å². The summed E-state index contributed by atoms with van der Waals surface area (Å²) in [5.41, 5.74) is 6.72. The van der Waals surface area contributed by atoms with E-state index in [1.807, 2.05) is 4.90 Å². The van der Waals surface area contributed by atoms with Gasteiger partial charge in [0.25, 0.3) is 11.8 Å². The monoisotopic (exact) mass is 362 g/mol. The van der Waals surface area contributed by atoms with Crippen LogP contribution in [0.5, 0.6) is 0 Å². The molecule has 130 valence electrons. The molecule has 2 amide bonds. The largest absolute Gasteiger partial charge is 0.367 e. The molecule has 0 aliphatic carbocycles. The Hall–Kier alpha value is -2.67. The van der Waals surface area contributed by atoms with Crippen LogP contribution >= 0.6 is 11.6 Å². The van der Waals surface area contributed by atoms with Gasteiger partial charge in [-0.05, 0) is 24.3 Å². The summed E-state index contributed by atoms with van der Waals surface area (Å²) in [6, 6.07) is 5.46. The molecule has 0 saturated carbocycles. The van der Waals surface area contributed by atoms with Gasteiger partial charge in [0.05, 0.1) is 21.8 Å². The standard InChI is InChI=1S/C17H16ClFN4O2/c18-14-9-11(19)1-2-12(14)17(25)23-7-5-22(6-8-23)15-3-4-21-10-13(15)16(20)24/h1-4,9-10H,5-8H2,(H2,20,24). The third-order valence-corrected chi connectivity index (χ3v) is 4.45. The number of amides is 2. The second kappa shape index (κ2) is 7.06. The van der Waals surface area contributed by atoms with Gasteiger partial charge in [0.15, 0.2) is 0 Å². The number of nitrogens with two attached hydrogens (primary N) is 1. The summed E-state index contributed by atoms with van der Waals surface area (Å²) in [4.78, 5) is 31.7. The van der Waals surface area contributed by atoms with Gasteiger partial charge in [-0.3, -0.25) is 14.6 Å². The fraction of sp³-hybridized carbons (Fsp3) is 0.235. The molecule has 2 heterocycles. The molecule has 0 unspecified atom stereocenters. The molecular formula is C17H16ClFN4O2. The van der Waals surface area contributed by atoms with Crippen molar-refractivity contribution in [2.75, 3.05) is 31.1 Å². The lowest BCUT2D eigenvalue weighted by atomic mass is 10.1. The van der Waals surface area contributed by atoms with E-state index in [2.05, 4.69) is 4.98 Å². The summed E-state index contributed by atoms with van der Waals surface area (Å²) < 4.78 is 13.1. The number of nitrogens with zero attached hydrogens (tertiary/aromatic N) is 3. The predicted octanol–water partition coefficient (Wildman–Crippen LogP) is 1.94. The Morgan fingerprint density at radius 1 is 1.12 bits per heavy atom. The second-order valence-corrected chi connectivity index (χ2v) is 6.07. The highest BCUT2D eigenvalue weighted by atomic mass is 35.5. The van der Waals surface area contributed by atoms with Gasteiger partial charge in [-0.15, -0.1) is 0 Å². The van der Waals surface area contributed by atoms with Crippen molar-refractivity contribution in [1.82, 2.24) is 9.88 Å². The van der Waals surface area contributed by atoms with Gasteiger partial charge in [0, 0.05) is 38.6 Å². The van der Waals surface area contributed by atoms with Gasteiger partial charge in [0.1, 0.15) is 5.82 Å². The molecule has 2 aromatic rings. The first-order valence-electron chi connectivity index (χ1n) is 7.70. The zero-order valence-corrected chi connectivity index (χ0v) is 14.0. The molecule has 2 N–H and O–H groups in total. The lowest BCUT2D eigenvalue weighted by molar-refractivity contribution is 0.0746. The molecule has 1 aliphatic heterocycles. The van der Waals surface area contributed by atoms with Crippen LogP contribution < -0.4 is 10.6 Å². The van der Waals surface area contributed by atoms with Crippen molar-refractivity contribution < 1.29 is 14.0 Å². The first-order chi connectivity index (χ1) is 12.0. The molecule has 6 nitrogen and oxygen atoms in total. The van der Waals surface area contributed by atoms with E-state index >= 15 is 0 Å². The van der Waals surface area contributed by atoms with Crippen LogP contribution in [-0.4, -0.2) is 47.9 Å². The van der Waals surface area contributed by atoms with Crippen LogP contribution in [0.3, 0.4) is 0 Å². The number of hydrogen-bond donors (Lipinski definition) is 1. The average Bonchev–Trinajstić information content (AvgIpc) is 2.61. The van der Waals surface area contributed by atoms with Crippen LogP contribution in [0.2, 0.25) is 5.02 Å². The quantitative estimate of drug-likeness (QED) is 0.904. The van der Waals surface area contributed by atoms with E-state index in [-0.39, 0.29) is 16.5 Å². The molecule has 1 aromatic heterocycles. The molecule has 0 spiro atoms. The Morgan fingerprint density at radius 2 is 1.84 bits per heavy atom. The SMILES string of the molecule is NC(=O)c1cnccc1N1CCN(C(=O)c2ccc(F)cc2Cl)CC1. The summed E-state index contributed by atoms with van der Waals surface area (Å²) in [5, 5.41) is 0.0950. The molecule has 8 heteroatoms. The second-order valence-electron chi connectivity index (χ2n) is 5.66. The van der Waals surface area contributed by atoms with Crippen molar-refractivity contribution in [2.45, 2.75) is 0 Å². The predicted molar refractivity (Wildman–Crippen MR) is 92.3 cm³/mol. The van der Waals surface area contributed by atoms with Crippen molar-refractivity contribution in [3.8, 4) is 0 Å². The average molecular weight is 363 g/mol. The number of carbonyl (C=O) groups is 2. The number of anilines is 1. The summed E-state index contributed by atoms with van der Waals surface area (Å²) in [6.45, 7) is 1.98. The molecule has 0 bridgehead atoms. The van der Waals surface area contributed by atoms with Crippen LogP contribution in [0.15, 0.2) is 36.7 Å². The molecule has 1 aliphatic rings. The third-order valence-electron chi connectivity index (χ3n) is 4.13. The maximum absolute atomic E-state index is 13.1. The minimum atomic E-state index is -0.542. The topological polar surface area (TPSA) is 79.5 Å². The van der Waals surface area contributed by atoms with Crippen LogP contribution in [0.25, 0.3) is 0 Å². The lowest BCUT2D eigenvalue weighted by Gasteiger charge is -2.36. The van der Waals surface area contributed by atoms with Crippen molar-refractivity contribution in [1.29, 1.82) is 0 Å². The van der Waals surface area contributed by atoms with E-state index < -0.39 is 11.7 Å². The molecule has 3 rings (SSSR count). The van der Waals surface area contributed by atoms with Crippen molar-refractivity contribution >= 4 is 29.1 Å². The zero-order valence-electron chi connectivity index (χ0n) is 13.3. The zero-order chi connectivity index (χ0) is 18.0. The van der Waals surface area contributed by atoms with E-state index in [1.165, 1.54) is 18.3 Å². The van der Waals surface area contributed by atoms with Crippen LogP contribution in [0.1, 0.15) is 20.7 Å². The maximum Gasteiger partial charge on any atom is 0.255 e. The van der Waals surface area contributed by atoms with Crippen LogP contribution in [0.4, 0.5) is 10.1 Å². The number of piperazine rings is 1. The number of pyridine rings is 1. The molecule has 1 saturated heterocycles. The number of benzene rings is 1. The Balaban J connectivity index is 1.72. The molecule has 1 fully saturated rings. The Morgan fingerprint density at radius 3 is 2.48 bits per heavy atom. The lowest BCUT2D eigenvalue weighted by Crippen LogP contribution is -2.49. The molecule has 1 aromatic carbocycles. The van der Waals surface area contributed by atoms with E-state index in [0.29, 0.717) is 37.4 Å². The number of aromatic nitrogens is 1. The number of rotatable bonds is 3. The summed E-state index contributed by atoms with van der Waals surface area (Å²) in [7, 11) is 0. The van der Waals surface area contributed by atoms with Gasteiger partial charge in [-0.1, -0.05) is 11.6 Å². The first-order valence-corrected chi connectivity index (χ1v) is 8.08. The normalized spacial score (nSPS) is 14.5. The fourth-order valence-electron chi connectivity index (χ4n) is 2.84. The highest BCUT2D eigenvalue weighted by molar-refractivity contribution is 6.33. The number of hydrogen-bond acceptors (Lipinski definition) is 4. The maximum atomic E-state index is 13.1. The third kappa shape index (κ3) is 3.56. The number of halogens is 2. The van der Waals surface area contributed by atoms with E-state index in [4.69, 9.17) is 17.3 Å². The number of carbonyl (C=O) groups excluding carboxylic acids is 2. The minimum Gasteiger partial charge on any atom is -0.367 e. The first kappa shape index (κ1) is 17.2. The van der Waals surface area contributed by atoms with Gasteiger partial charge in [0.2, 0.25) is 0 Å². The molecule has 25 heavy (non-hydrogen) atoms. The van der Waals surface area contributed by atoms with Crippen LogP contribution in [0, 0.1) is 5.82 Å². The fourth-order valence-corrected chi connectivity index (χ4v) is 3.08. The highest BCUT2D eigenvalue weighted by Crippen LogP contribution is 2.23. The Kier molecular flexibility index (Phi) is 4.85. The van der Waals surface area contributed by atoms with Crippen molar-refractivity contribution in [3.05, 3.63) is 58.6 Å². The highest BCUT2D eigenvalue weighted by Gasteiger charge is 2.25. The van der Waals surface area contributed by atoms with Crippen molar-refractivity contribution in [2.24, 2.45) is 5.73 Å². The number of primary amides is 1. The smallest absolute Gasteiger partial charge is 0.255 e. The van der Waals surface area contributed by atoms with Gasteiger partial charge in [-0.25, -0.2) is 4.39 Å². The van der Waals surface area contributed by atoms with E-state index in [1.54, 1.807) is 17.2 Å². The van der Waals surface area contributed by atoms with Gasteiger partial charge < -0.3 is 15.5 Å². The van der Waals surface area contributed by atoms with Crippen LogP contribution in [-0.2, 0) is 0 Å². The molecular weight excluding hydrogens is 347 g/mol. The minimum absolute atomic E-state index is 0.0950. The van der Waals surface area contributed by atoms with Gasteiger partial charge in [-0.2, -0.15) is 0 Å². The Labute approximate surface area is 149 Å². The summed E-state index contributed by atoms with van der Waals surface area (Å²) >= 11 is 5.97. The summed E-state index contributed by atoms with van der Waals surface area (Å²) in [6.07, 6.45) is 3.03. The molecule has 0 atom stereocenters.